The summed E-state index contributed by atoms with van der Waals surface area (Å²) in [6.45, 7) is 6.50. The molecule has 2 rings (SSSR count). The highest BCUT2D eigenvalue weighted by atomic mass is 35.5. The molecule has 0 bridgehead atoms. The summed E-state index contributed by atoms with van der Waals surface area (Å²) in [5, 5.41) is 0. The fourth-order valence-corrected chi connectivity index (χ4v) is 3.14. The Bertz CT molecular complexity index is 567. The average Bonchev–Trinajstić information content (AvgIpc) is 2.68. The predicted molar refractivity (Wildman–Crippen MR) is 119 cm³/mol. The van der Waals surface area contributed by atoms with Crippen LogP contribution in [0.25, 0.3) is 0 Å². The zero-order chi connectivity index (χ0) is 18.6. The van der Waals surface area contributed by atoms with Gasteiger partial charge in [0, 0.05) is 38.4 Å². The molecule has 1 aliphatic rings. The molecule has 0 unspecified atom stereocenters. The molecule has 4 N–H and O–H groups in total. The number of hydrogen-bond acceptors (Lipinski definition) is 2. The van der Waals surface area contributed by atoms with Gasteiger partial charge in [-0.1, -0.05) is 57.2 Å². The van der Waals surface area contributed by atoms with Crippen LogP contribution in [-0.4, -0.2) is 49.5 Å². The summed E-state index contributed by atoms with van der Waals surface area (Å²) >= 11 is 0. The molecular formula is C20H35ClN6. The Morgan fingerprint density at radius 1 is 0.926 bits per heavy atom. The second-order valence-corrected chi connectivity index (χ2v) is 6.79. The number of hydrogen-bond donors (Lipinski definition) is 2. The number of para-hydroxylation sites is 1. The van der Waals surface area contributed by atoms with Crippen LogP contribution >= 0.6 is 12.4 Å². The van der Waals surface area contributed by atoms with Crippen molar-refractivity contribution in [3.05, 3.63) is 30.3 Å². The van der Waals surface area contributed by atoms with Crippen LogP contribution in [0.1, 0.15) is 45.4 Å². The molecule has 1 aliphatic heterocycles. The first-order chi connectivity index (χ1) is 12.7. The normalized spacial score (nSPS) is 15.6. The van der Waals surface area contributed by atoms with Gasteiger partial charge >= 0.3 is 0 Å². The van der Waals surface area contributed by atoms with E-state index in [1.807, 2.05) is 6.07 Å². The van der Waals surface area contributed by atoms with Gasteiger partial charge in [-0.05, 0) is 18.6 Å². The van der Waals surface area contributed by atoms with Crippen molar-refractivity contribution in [1.82, 2.24) is 4.90 Å². The van der Waals surface area contributed by atoms with Crippen molar-refractivity contribution in [2.45, 2.75) is 45.4 Å². The fourth-order valence-electron chi connectivity index (χ4n) is 3.14. The predicted octanol–water partition coefficient (Wildman–Crippen LogP) is 3.22. The maximum Gasteiger partial charge on any atom is 0.218 e. The van der Waals surface area contributed by atoms with Gasteiger partial charge in [-0.15, -0.1) is 12.4 Å². The van der Waals surface area contributed by atoms with Gasteiger partial charge < -0.3 is 21.3 Å². The quantitative estimate of drug-likeness (QED) is 0.403. The van der Waals surface area contributed by atoms with Crippen LogP contribution in [-0.2, 0) is 0 Å². The third-order valence-corrected chi connectivity index (χ3v) is 4.74. The molecule has 1 saturated heterocycles. The van der Waals surface area contributed by atoms with Crippen LogP contribution in [0.4, 0.5) is 5.69 Å². The number of rotatable bonds is 8. The van der Waals surface area contributed by atoms with Gasteiger partial charge in [0.25, 0.3) is 0 Å². The Hall–Kier alpha value is -1.95. The number of guanidine groups is 2. The standard InChI is InChI=1S/C20H34N6.ClH/c1-2-3-4-5-6-10-13-23-19(21)24-20(22)26-16-14-25(15-17-26)18-11-8-7-9-12-18;/h7-9,11-12H,2-6,10,13-17H2,1H3,(H4,21,22,23,24);1H. The molecule has 0 aromatic heterocycles. The summed E-state index contributed by atoms with van der Waals surface area (Å²) in [6.07, 6.45) is 7.46. The van der Waals surface area contributed by atoms with Crippen molar-refractivity contribution in [2.75, 3.05) is 37.6 Å². The summed E-state index contributed by atoms with van der Waals surface area (Å²) in [7, 11) is 0. The maximum absolute atomic E-state index is 6.12. The summed E-state index contributed by atoms with van der Waals surface area (Å²) in [6, 6.07) is 10.5. The molecule has 152 valence electrons. The highest BCUT2D eigenvalue weighted by Crippen LogP contribution is 2.15. The summed E-state index contributed by atoms with van der Waals surface area (Å²) < 4.78 is 0. The molecule has 0 aliphatic carbocycles. The molecule has 1 aromatic rings. The molecule has 27 heavy (non-hydrogen) atoms. The third-order valence-electron chi connectivity index (χ3n) is 4.74. The van der Waals surface area contributed by atoms with Crippen molar-refractivity contribution >= 4 is 30.0 Å². The first kappa shape index (κ1) is 23.1. The van der Waals surface area contributed by atoms with Crippen molar-refractivity contribution in [1.29, 1.82) is 0 Å². The monoisotopic (exact) mass is 394 g/mol. The summed E-state index contributed by atoms with van der Waals surface area (Å²) in [4.78, 5) is 13.0. The lowest BCUT2D eigenvalue weighted by atomic mass is 10.1. The maximum atomic E-state index is 6.12. The van der Waals surface area contributed by atoms with Crippen LogP contribution in [0.2, 0.25) is 0 Å². The molecule has 7 heteroatoms. The van der Waals surface area contributed by atoms with E-state index in [0.717, 1.165) is 39.1 Å². The van der Waals surface area contributed by atoms with Gasteiger partial charge in [0.2, 0.25) is 5.96 Å². The van der Waals surface area contributed by atoms with Gasteiger partial charge in [0.05, 0.1) is 0 Å². The topological polar surface area (TPSA) is 83.2 Å². The minimum absolute atomic E-state index is 0. The Morgan fingerprint density at radius 3 is 2.22 bits per heavy atom. The van der Waals surface area contributed by atoms with Crippen LogP contribution in [0.15, 0.2) is 40.3 Å². The minimum Gasteiger partial charge on any atom is -0.369 e. The second-order valence-electron chi connectivity index (χ2n) is 6.79. The van der Waals surface area contributed by atoms with E-state index >= 15 is 0 Å². The van der Waals surface area contributed by atoms with E-state index in [9.17, 15) is 0 Å². The lowest BCUT2D eigenvalue weighted by molar-refractivity contribution is 0.382. The average molecular weight is 395 g/mol. The molecular weight excluding hydrogens is 360 g/mol. The number of aliphatic imine (C=N–C) groups is 2. The van der Waals surface area contributed by atoms with Gasteiger partial charge in [-0.25, -0.2) is 0 Å². The van der Waals surface area contributed by atoms with Gasteiger partial charge in [-0.3, -0.25) is 4.99 Å². The number of piperazine rings is 1. The van der Waals surface area contributed by atoms with Crippen molar-refractivity contribution < 1.29 is 0 Å². The van der Waals surface area contributed by atoms with Crippen LogP contribution in [0, 0.1) is 0 Å². The number of benzene rings is 1. The molecule has 1 fully saturated rings. The third kappa shape index (κ3) is 8.52. The van der Waals surface area contributed by atoms with Crippen LogP contribution < -0.4 is 16.4 Å². The van der Waals surface area contributed by atoms with E-state index in [1.54, 1.807) is 0 Å². The highest BCUT2D eigenvalue weighted by molar-refractivity contribution is 5.93. The summed E-state index contributed by atoms with van der Waals surface area (Å²) in [5.74, 6) is 0.767. The first-order valence-corrected chi connectivity index (χ1v) is 9.89. The molecule has 1 heterocycles. The van der Waals surface area contributed by atoms with Gasteiger partial charge in [-0.2, -0.15) is 4.99 Å². The van der Waals surface area contributed by atoms with E-state index in [-0.39, 0.29) is 12.4 Å². The highest BCUT2D eigenvalue weighted by Gasteiger charge is 2.18. The number of nitrogens with two attached hydrogens (primary N) is 2. The summed E-state index contributed by atoms with van der Waals surface area (Å²) in [5.41, 5.74) is 13.3. The zero-order valence-corrected chi connectivity index (χ0v) is 17.3. The van der Waals surface area contributed by atoms with Crippen molar-refractivity contribution in [3.63, 3.8) is 0 Å². The Labute approximate surface area is 170 Å². The minimum atomic E-state index is 0. The molecule has 0 atom stereocenters. The SMILES string of the molecule is CCCCCCCCN=C(N)N=C(N)N1CCN(c2ccccc2)CC1.Cl. The Balaban J connectivity index is 0.00000364. The molecule has 0 spiro atoms. The lowest BCUT2D eigenvalue weighted by Crippen LogP contribution is -2.51. The van der Waals surface area contributed by atoms with E-state index in [1.165, 1.54) is 37.8 Å². The van der Waals surface area contributed by atoms with E-state index in [2.05, 4.69) is 51.0 Å². The fraction of sp³-hybridized carbons (Fsp3) is 0.600. The molecule has 0 saturated carbocycles. The van der Waals surface area contributed by atoms with Gasteiger partial charge in [0.15, 0.2) is 5.96 Å². The van der Waals surface area contributed by atoms with Crippen LogP contribution in [0.5, 0.6) is 0 Å². The Morgan fingerprint density at radius 2 is 1.56 bits per heavy atom. The van der Waals surface area contributed by atoms with Crippen molar-refractivity contribution in [2.24, 2.45) is 21.5 Å². The van der Waals surface area contributed by atoms with E-state index < -0.39 is 0 Å². The lowest BCUT2D eigenvalue weighted by Gasteiger charge is -2.36. The molecule has 0 radical (unpaired) electrons. The van der Waals surface area contributed by atoms with Crippen molar-refractivity contribution in [3.8, 4) is 0 Å². The van der Waals surface area contributed by atoms with Gasteiger partial charge in [0.1, 0.15) is 0 Å². The number of anilines is 1. The number of nitrogens with zero attached hydrogens (tertiary/aromatic N) is 4. The second kappa shape index (κ2) is 13.3. The molecule has 6 nitrogen and oxygen atoms in total. The van der Waals surface area contributed by atoms with E-state index in [4.69, 9.17) is 11.5 Å². The molecule has 0 amide bonds. The number of unbranched alkanes of at least 4 members (excludes halogenated alkanes) is 5. The molecule has 1 aromatic carbocycles. The Kier molecular flexibility index (Phi) is 11.3. The smallest absolute Gasteiger partial charge is 0.218 e. The number of halogens is 1. The zero-order valence-electron chi connectivity index (χ0n) is 16.5. The van der Waals surface area contributed by atoms with Crippen LogP contribution in [0.3, 0.4) is 0 Å². The van der Waals surface area contributed by atoms with E-state index in [0.29, 0.717) is 11.9 Å². The largest absolute Gasteiger partial charge is 0.369 e. The first-order valence-electron chi connectivity index (χ1n) is 9.89.